The molecule has 0 atom stereocenters. The molecule has 2 heterocycles. The number of rotatable bonds is 0. The van der Waals surface area contributed by atoms with Crippen LogP contribution < -0.4 is 9.30 Å². The lowest BCUT2D eigenvalue weighted by Gasteiger charge is -2.22. The SMILES string of the molecule is [C-]#[N+]c1cc[n+](C)c2c1Oc1cccc3cc(C)c(C)c-2c13. The Hall–Kier alpha value is -2.86. The van der Waals surface area contributed by atoms with E-state index in [0.29, 0.717) is 11.4 Å². The number of pyridine rings is 1. The first-order valence-corrected chi connectivity index (χ1v) is 7.23. The van der Waals surface area contributed by atoms with Crippen molar-refractivity contribution in [2.24, 2.45) is 7.05 Å². The fourth-order valence-electron chi connectivity index (χ4n) is 3.25. The summed E-state index contributed by atoms with van der Waals surface area (Å²) in [4.78, 5) is 3.63. The number of hydrogen-bond acceptors (Lipinski definition) is 1. The second-order valence-electron chi connectivity index (χ2n) is 5.75. The van der Waals surface area contributed by atoms with Crippen molar-refractivity contribution in [2.75, 3.05) is 0 Å². The van der Waals surface area contributed by atoms with Gasteiger partial charge in [-0.05, 0) is 36.4 Å². The molecule has 0 amide bonds. The van der Waals surface area contributed by atoms with E-state index >= 15 is 0 Å². The molecule has 1 aliphatic rings. The summed E-state index contributed by atoms with van der Waals surface area (Å²) in [6.45, 7) is 11.7. The van der Waals surface area contributed by atoms with Crippen LogP contribution in [0.1, 0.15) is 11.1 Å². The van der Waals surface area contributed by atoms with Gasteiger partial charge in [0.25, 0.3) is 0 Å². The average Bonchev–Trinajstić information content (AvgIpc) is 2.52. The van der Waals surface area contributed by atoms with Crippen molar-refractivity contribution < 1.29 is 9.30 Å². The van der Waals surface area contributed by atoms with Crippen molar-refractivity contribution >= 4 is 16.5 Å². The van der Waals surface area contributed by atoms with Gasteiger partial charge in [-0.1, -0.05) is 18.2 Å². The normalized spacial score (nSPS) is 11.7. The van der Waals surface area contributed by atoms with Crippen molar-refractivity contribution in [3.63, 3.8) is 0 Å². The molecule has 2 aromatic carbocycles. The highest BCUT2D eigenvalue weighted by Crippen LogP contribution is 2.50. The highest BCUT2D eigenvalue weighted by Gasteiger charge is 2.31. The molecule has 3 nitrogen and oxygen atoms in total. The van der Waals surface area contributed by atoms with Crippen molar-refractivity contribution in [3.8, 4) is 22.8 Å². The molecule has 3 aromatic rings. The predicted octanol–water partition coefficient (Wildman–Crippen LogP) is 4.60. The summed E-state index contributed by atoms with van der Waals surface area (Å²) < 4.78 is 8.16. The van der Waals surface area contributed by atoms with Crippen molar-refractivity contribution in [2.45, 2.75) is 13.8 Å². The summed E-state index contributed by atoms with van der Waals surface area (Å²) in [7, 11) is 2.00. The molecule has 0 N–H and O–H groups in total. The first-order chi connectivity index (χ1) is 10.6. The smallest absolute Gasteiger partial charge is 0.245 e. The quantitative estimate of drug-likeness (QED) is 0.341. The Morgan fingerprint density at radius 2 is 2.00 bits per heavy atom. The van der Waals surface area contributed by atoms with Gasteiger partial charge in [0.1, 0.15) is 12.8 Å². The van der Waals surface area contributed by atoms with Crippen LogP contribution >= 0.6 is 0 Å². The van der Waals surface area contributed by atoms with Crippen LogP contribution in [0.25, 0.3) is 26.9 Å². The maximum absolute atomic E-state index is 7.42. The number of ether oxygens (including phenoxy) is 1. The lowest BCUT2D eigenvalue weighted by molar-refractivity contribution is -0.660. The third-order valence-electron chi connectivity index (χ3n) is 4.47. The van der Waals surface area contributed by atoms with Gasteiger partial charge in [0.15, 0.2) is 6.20 Å². The van der Waals surface area contributed by atoms with E-state index in [-0.39, 0.29) is 0 Å². The minimum Gasteiger partial charge on any atom is -0.461 e. The molecular formula is C19H15N2O+. The Morgan fingerprint density at radius 3 is 2.77 bits per heavy atom. The minimum absolute atomic E-state index is 0.552. The van der Waals surface area contributed by atoms with Gasteiger partial charge in [0.2, 0.25) is 17.1 Å². The number of fused-ring (bicyclic) bond motifs is 2. The standard InChI is InChI=1S/C19H15N2O/c1-11-10-13-6-5-7-15-17(13)16(12(11)2)18-19(22-15)14(20-3)8-9-21(18)4/h5-10H,1-2,4H3/q+1. The fourth-order valence-corrected chi connectivity index (χ4v) is 3.25. The Balaban J connectivity index is 2.28. The summed E-state index contributed by atoms with van der Waals surface area (Å²) in [5, 5.41) is 2.31. The number of aromatic nitrogens is 1. The van der Waals surface area contributed by atoms with E-state index in [1.807, 2.05) is 36.0 Å². The van der Waals surface area contributed by atoms with Gasteiger partial charge < -0.3 is 4.74 Å². The molecule has 106 valence electrons. The molecule has 22 heavy (non-hydrogen) atoms. The van der Waals surface area contributed by atoms with Crippen molar-refractivity contribution in [1.29, 1.82) is 0 Å². The molecule has 0 radical (unpaired) electrons. The highest BCUT2D eigenvalue weighted by molar-refractivity contribution is 6.05. The summed E-state index contributed by atoms with van der Waals surface area (Å²) in [6.07, 6.45) is 1.93. The van der Waals surface area contributed by atoms with Crippen LogP contribution in [0.15, 0.2) is 36.5 Å². The monoisotopic (exact) mass is 287 g/mol. The van der Waals surface area contributed by atoms with Crippen LogP contribution in [0.3, 0.4) is 0 Å². The van der Waals surface area contributed by atoms with Gasteiger partial charge in [-0.25, -0.2) is 9.41 Å². The van der Waals surface area contributed by atoms with Gasteiger partial charge in [-0.15, -0.1) is 0 Å². The molecule has 0 saturated heterocycles. The Labute approximate surface area is 129 Å². The first-order valence-electron chi connectivity index (χ1n) is 7.23. The van der Waals surface area contributed by atoms with Crippen LogP contribution in [-0.4, -0.2) is 0 Å². The number of aryl methyl sites for hydroxylation is 2. The second-order valence-corrected chi connectivity index (χ2v) is 5.75. The van der Waals surface area contributed by atoms with Crippen LogP contribution in [-0.2, 0) is 7.05 Å². The average molecular weight is 287 g/mol. The topological polar surface area (TPSA) is 17.5 Å². The van der Waals surface area contributed by atoms with Crippen LogP contribution in [0.4, 0.5) is 5.69 Å². The van der Waals surface area contributed by atoms with E-state index in [2.05, 4.69) is 30.8 Å². The Morgan fingerprint density at radius 1 is 1.18 bits per heavy atom. The Bertz CT molecular complexity index is 997. The molecular weight excluding hydrogens is 272 g/mol. The maximum Gasteiger partial charge on any atom is 0.245 e. The molecule has 0 aliphatic carbocycles. The zero-order valence-electron chi connectivity index (χ0n) is 12.8. The van der Waals surface area contributed by atoms with Crippen LogP contribution in [0.5, 0.6) is 11.5 Å². The predicted molar refractivity (Wildman–Crippen MR) is 86.4 cm³/mol. The summed E-state index contributed by atoms with van der Waals surface area (Å²) in [6, 6.07) is 10.1. The molecule has 0 bridgehead atoms. The Kier molecular flexibility index (Phi) is 2.52. The third-order valence-corrected chi connectivity index (χ3v) is 4.47. The molecule has 0 unspecified atom stereocenters. The fraction of sp³-hybridized carbons (Fsp3) is 0.158. The third kappa shape index (κ3) is 1.52. The van der Waals surface area contributed by atoms with E-state index in [1.54, 1.807) is 0 Å². The van der Waals surface area contributed by atoms with E-state index in [4.69, 9.17) is 11.3 Å². The molecule has 1 aromatic heterocycles. The molecule has 3 heteroatoms. The first kappa shape index (κ1) is 12.8. The number of benzene rings is 2. The molecule has 0 fully saturated rings. The largest absolute Gasteiger partial charge is 0.461 e. The van der Waals surface area contributed by atoms with Crippen molar-refractivity contribution in [3.05, 3.63) is 59.1 Å². The molecule has 0 saturated carbocycles. The molecule has 1 aliphatic heterocycles. The summed E-state index contributed by atoms with van der Waals surface area (Å²) >= 11 is 0. The van der Waals surface area contributed by atoms with Gasteiger partial charge >= 0.3 is 0 Å². The lowest BCUT2D eigenvalue weighted by atomic mass is 9.90. The van der Waals surface area contributed by atoms with Gasteiger partial charge in [-0.2, -0.15) is 0 Å². The zero-order valence-corrected chi connectivity index (χ0v) is 12.8. The van der Waals surface area contributed by atoms with Crippen molar-refractivity contribution in [1.82, 2.24) is 0 Å². The maximum atomic E-state index is 7.42. The summed E-state index contributed by atoms with van der Waals surface area (Å²) in [5.41, 5.74) is 5.21. The zero-order chi connectivity index (χ0) is 15.4. The van der Waals surface area contributed by atoms with E-state index in [1.165, 1.54) is 22.1 Å². The molecule has 4 rings (SSSR count). The van der Waals surface area contributed by atoms with E-state index in [9.17, 15) is 0 Å². The van der Waals surface area contributed by atoms with E-state index < -0.39 is 0 Å². The lowest BCUT2D eigenvalue weighted by Crippen LogP contribution is -2.31. The summed E-state index contributed by atoms with van der Waals surface area (Å²) in [5.74, 6) is 1.49. The molecule has 0 spiro atoms. The number of nitrogens with zero attached hydrogens (tertiary/aromatic N) is 2. The van der Waals surface area contributed by atoms with E-state index in [0.717, 1.165) is 16.8 Å². The highest BCUT2D eigenvalue weighted by atomic mass is 16.5. The van der Waals surface area contributed by atoms with Crippen LogP contribution in [0, 0.1) is 20.4 Å². The van der Waals surface area contributed by atoms with Gasteiger partial charge in [0.05, 0.1) is 12.1 Å². The minimum atomic E-state index is 0.552. The van der Waals surface area contributed by atoms with Gasteiger partial charge in [0, 0.05) is 11.5 Å². The van der Waals surface area contributed by atoms with Gasteiger partial charge in [-0.3, -0.25) is 0 Å². The second kappa shape index (κ2) is 4.32. The number of hydrogen-bond donors (Lipinski definition) is 0. The van der Waals surface area contributed by atoms with Crippen LogP contribution in [0.2, 0.25) is 0 Å².